The van der Waals surface area contributed by atoms with Crippen LogP contribution in [0.4, 0.5) is 5.82 Å². The fourth-order valence-electron chi connectivity index (χ4n) is 1.20. The van der Waals surface area contributed by atoms with E-state index in [4.69, 9.17) is 5.73 Å². The van der Waals surface area contributed by atoms with Crippen molar-refractivity contribution in [3.8, 4) is 0 Å². The highest BCUT2D eigenvalue weighted by Crippen LogP contribution is 2.19. The van der Waals surface area contributed by atoms with E-state index in [1.165, 1.54) is 6.07 Å². The Kier molecular flexibility index (Phi) is 2.64. The molecule has 0 radical (unpaired) electrons. The van der Waals surface area contributed by atoms with Gasteiger partial charge in [-0.25, -0.2) is 4.98 Å². The van der Waals surface area contributed by atoms with Gasteiger partial charge in [0.1, 0.15) is 9.52 Å². The van der Waals surface area contributed by atoms with Crippen LogP contribution in [-0.2, 0) is 0 Å². The summed E-state index contributed by atoms with van der Waals surface area (Å²) in [7, 11) is 0. The number of pyridine rings is 2. The van der Waals surface area contributed by atoms with Gasteiger partial charge in [0, 0.05) is 6.07 Å². The zero-order chi connectivity index (χ0) is 10.3. The van der Waals surface area contributed by atoms with Gasteiger partial charge in [-0.3, -0.25) is 4.79 Å². The molecule has 0 aliphatic carbocycles. The Morgan fingerprint density at radius 1 is 1.43 bits per heavy atom. The number of nitrogens with two attached hydrogens (primary N) is 1. The topological polar surface area (TPSA) is 71.8 Å². The van der Waals surface area contributed by atoms with Gasteiger partial charge in [0.25, 0.3) is 0 Å². The average molecular weight is 413 g/mol. The highest BCUT2D eigenvalue weighted by molar-refractivity contribution is 14.1. The molecule has 2 aromatic heterocycles. The van der Waals surface area contributed by atoms with Gasteiger partial charge in [0.05, 0.1) is 20.7 Å². The average Bonchev–Trinajstić information content (AvgIpc) is 2.10. The highest BCUT2D eigenvalue weighted by atomic mass is 127. The molecular weight excluding hydrogens is 408 g/mol. The number of nitrogens with zero attached hydrogens (tertiary/aromatic N) is 1. The van der Waals surface area contributed by atoms with Crippen LogP contribution in [0.1, 0.15) is 0 Å². The molecule has 4 nitrogen and oxygen atoms in total. The number of hydrogen-bond acceptors (Lipinski definition) is 3. The van der Waals surface area contributed by atoms with Crippen molar-refractivity contribution in [2.75, 3.05) is 5.73 Å². The van der Waals surface area contributed by atoms with E-state index in [2.05, 4.69) is 55.1 Å². The van der Waals surface area contributed by atoms with Crippen LogP contribution in [0.3, 0.4) is 0 Å². The highest BCUT2D eigenvalue weighted by Gasteiger charge is 2.08. The lowest BCUT2D eigenvalue weighted by atomic mass is 10.2. The molecular formula is C8H5I2N3O. The summed E-state index contributed by atoms with van der Waals surface area (Å²) in [5.41, 5.74) is 6.14. The summed E-state index contributed by atoms with van der Waals surface area (Å²) in [6.45, 7) is 0. The van der Waals surface area contributed by atoms with Gasteiger partial charge in [-0.15, -0.1) is 0 Å². The minimum atomic E-state index is -0.0685. The first-order valence-electron chi connectivity index (χ1n) is 3.72. The first kappa shape index (κ1) is 10.1. The fourth-order valence-corrected chi connectivity index (χ4v) is 2.31. The van der Waals surface area contributed by atoms with Gasteiger partial charge in [0.2, 0.25) is 0 Å². The summed E-state index contributed by atoms with van der Waals surface area (Å²) < 4.78 is 1.69. The van der Waals surface area contributed by atoms with Crippen LogP contribution >= 0.6 is 45.2 Å². The molecule has 0 atom stereocenters. The Bertz CT molecular complexity index is 564. The molecule has 0 unspecified atom stereocenters. The van der Waals surface area contributed by atoms with Crippen molar-refractivity contribution in [1.29, 1.82) is 0 Å². The molecule has 0 aromatic carbocycles. The molecule has 2 heterocycles. The Hall–Kier alpha value is -0.380. The third kappa shape index (κ3) is 1.60. The maximum atomic E-state index is 11.6. The van der Waals surface area contributed by atoms with E-state index in [1.807, 2.05) is 0 Å². The molecule has 0 aliphatic rings. The summed E-state index contributed by atoms with van der Waals surface area (Å²) in [5.74, 6) is 0.362. The Labute approximate surface area is 107 Å². The summed E-state index contributed by atoms with van der Waals surface area (Å²) in [6, 6.07) is 1.39. The third-order valence-electron chi connectivity index (χ3n) is 1.79. The molecule has 0 saturated carbocycles. The Morgan fingerprint density at radius 3 is 2.86 bits per heavy atom. The zero-order valence-electron chi connectivity index (χ0n) is 6.84. The van der Waals surface area contributed by atoms with E-state index in [9.17, 15) is 4.79 Å². The Morgan fingerprint density at radius 2 is 2.14 bits per heavy atom. The maximum absolute atomic E-state index is 11.6. The molecule has 0 saturated heterocycles. The van der Waals surface area contributed by atoms with Gasteiger partial charge >= 0.3 is 0 Å². The molecule has 72 valence electrons. The van der Waals surface area contributed by atoms with Crippen molar-refractivity contribution >= 4 is 61.9 Å². The lowest BCUT2D eigenvalue weighted by molar-refractivity contribution is 1.25. The molecule has 2 aromatic rings. The second-order valence-electron chi connectivity index (χ2n) is 2.74. The van der Waals surface area contributed by atoms with E-state index >= 15 is 0 Å². The third-order valence-corrected chi connectivity index (χ3v) is 4.69. The van der Waals surface area contributed by atoms with Crippen LogP contribution < -0.4 is 11.2 Å². The summed E-state index contributed by atoms with van der Waals surface area (Å²) >= 11 is 4.20. The normalized spacial score (nSPS) is 10.7. The van der Waals surface area contributed by atoms with E-state index < -0.39 is 0 Å². The molecule has 0 spiro atoms. The number of rotatable bonds is 0. The van der Waals surface area contributed by atoms with E-state index in [1.54, 1.807) is 6.20 Å². The molecule has 6 heteroatoms. The van der Waals surface area contributed by atoms with E-state index in [0.29, 0.717) is 16.7 Å². The second-order valence-corrected chi connectivity index (χ2v) is 4.84. The number of fused-ring (bicyclic) bond motifs is 1. The molecule has 0 amide bonds. The second kappa shape index (κ2) is 3.65. The number of anilines is 1. The number of nitrogens with one attached hydrogen (secondary N) is 1. The van der Waals surface area contributed by atoms with Gasteiger partial charge in [-0.2, -0.15) is 0 Å². The van der Waals surface area contributed by atoms with Crippen LogP contribution in [-0.4, -0.2) is 9.97 Å². The smallest absolute Gasteiger partial charge is 0.192 e. The molecule has 0 fully saturated rings. The zero-order valence-corrected chi connectivity index (χ0v) is 11.2. The van der Waals surface area contributed by atoms with Crippen molar-refractivity contribution in [3.05, 3.63) is 29.8 Å². The minimum absolute atomic E-state index is 0.0685. The van der Waals surface area contributed by atoms with Crippen LogP contribution in [0.25, 0.3) is 10.9 Å². The quantitative estimate of drug-likeness (QED) is 0.511. The largest absolute Gasteiger partial charge is 0.385 e. The first-order chi connectivity index (χ1) is 6.59. The molecule has 3 N–H and O–H groups in total. The summed E-state index contributed by atoms with van der Waals surface area (Å²) in [6.07, 6.45) is 1.62. The number of H-pyrrole nitrogens is 1. The van der Waals surface area contributed by atoms with E-state index in [-0.39, 0.29) is 5.43 Å². The van der Waals surface area contributed by atoms with Gasteiger partial charge in [0.15, 0.2) is 5.43 Å². The van der Waals surface area contributed by atoms with Crippen LogP contribution in [0, 0.1) is 7.27 Å². The van der Waals surface area contributed by atoms with Gasteiger partial charge in [-0.1, -0.05) is 0 Å². The predicted molar refractivity (Wildman–Crippen MR) is 72.2 cm³/mol. The standard InChI is InChI=1S/C8H5I2N3O/c9-7-6-3(2-12-8(7)10)13-5(11)1-4(6)14/h1-2H,(H3,11,13,14). The number of aromatic amines is 1. The van der Waals surface area contributed by atoms with Crippen molar-refractivity contribution in [1.82, 2.24) is 9.97 Å². The predicted octanol–water partition coefficient (Wildman–Crippen LogP) is 1.71. The number of halogens is 2. The summed E-state index contributed by atoms with van der Waals surface area (Å²) in [4.78, 5) is 18.7. The van der Waals surface area contributed by atoms with Crippen LogP contribution in [0.15, 0.2) is 17.1 Å². The van der Waals surface area contributed by atoms with Crippen molar-refractivity contribution in [2.24, 2.45) is 0 Å². The molecule has 0 aliphatic heterocycles. The van der Waals surface area contributed by atoms with Crippen molar-refractivity contribution < 1.29 is 0 Å². The monoisotopic (exact) mass is 413 g/mol. The van der Waals surface area contributed by atoms with Crippen molar-refractivity contribution in [3.63, 3.8) is 0 Å². The van der Waals surface area contributed by atoms with Crippen LogP contribution in [0.2, 0.25) is 0 Å². The maximum Gasteiger partial charge on any atom is 0.192 e. The molecule has 2 rings (SSSR count). The minimum Gasteiger partial charge on any atom is -0.385 e. The van der Waals surface area contributed by atoms with E-state index in [0.717, 1.165) is 7.27 Å². The SMILES string of the molecule is Nc1cc(=O)c2c(I)c(I)ncc2[nH]1. The molecule has 14 heavy (non-hydrogen) atoms. The van der Waals surface area contributed by atoms with Gasteiger partial charge in [-0.05, 0) is 45.2 Å². The lowest BCUT2D eigenvalue weighted by Gasteiger charge is -2.02. The molecule has 0 bridgehead atoms. The van der Waals surface area contributed by atoms with Gasteiger partial charge < -0.3 is 10.7 Å². The summed E-state index contributed by atoms with van der Waals surface area (Å²) in [5, 5.41) is 0.652. The number of hydrogen-bond donors (Lipinski definition) is 2. The van der Waals surface area contributed by atoms with Crippen molar-refractivity contribution in [2.45, 2.75) is 0 Å². The first-order valence-corrected chi connectivity index (χ1v) is 5.88. The fraction of sp³-hybridized carbons (Fsp3) is 0. The number of aromatic nitrogens is 2. The Balaban J connectivity index is 3.03. The number of nitrogen functional groups attached to an aromatic ring is 1. The lowest BCUT2D eigenvalue weighted by Crippen LogP contribution is -2.07. The van der Waals surface area contributed by atoms with Crippen LogP contribution in [0.5, 0.6) is 0 Å².